The normalized spacial score (nSPS) is 10.4. The summed E-state index contributed by atoms with van der Waals surface area (Å²) in [4.78, 5) is 3.85. The van der Waals surface area contributed by atoms with E-state index in [9.17, 15) is 0 Å². The fraction of sp³-hybridized carbons (Fsp3) is 0.667. The van der Waals surface area contributed by atoms with Gasteiger partial charge in [-0.2, -0.15) is 4.98 Å². The quantitative estimate of drug-likeness (QED) is 0.587. The number of anilines is 1. The number of ether oxygens (including phenoxy) is 2. The lowest BCUT2D eigenvalue weighted by molar-refractivity contribution is 0.0587. The van der Waals surface area contributed by atoms with Crippen LogP contribution in [-0.2, 0) is 16.1 Å². The van der Waals surface area contributed by atoms with Gasteiger partial charge in [0.1, 0.15) is 6.61 Å². The van der Waals surface area contributed by atoms with E-state index in [2.05, 4.69) is 15.2 Å². The third-order valence-corrected chi connectivity index (χ3v) is 1.22. The Morgan fingerprint density at radius 2 is 2.33 bits per heavy atom. The SMILES string of the molecule is COCCOCc1nc(N)n[nH]1. The predicted octanol–water partition coefficient (Wildman–Crippen LogP) is -0.450. The van der Waals surface area contributed by atoms with Crippen molar-refractivity contribution in [1.29, 1.82) is 0 Å². The Bertz CT molecular complexity index is 225. The molecule has 0 bridgehead atoms. The van der Waals surface area contributed by atoms with Crippen molar-refractivity contribution in [3.63, 3.8) is 0 Å². The molecule has 0 fully saturated rings. The topological polar surface area (TPSA) is 86.1 Å². The number of nitrogens with one attached hydrogen (secondary N) is 1. The summed E-state index contributed by atoms with van der Waals surface area (Å²) in [6.45, 7) is 1.49. The van der Waals surface area contributed by atoms with Crippen molar-refractivity contribution >= 4 is 5.95 Å². The molecule has 0 aromatic carbocycles. The first kappa shape index (κ1) is 8.95. The van der Waals surface area contributed by atoms with Gasteiger partial charge in [-0.05, 0) is 0 Å². The molecule has 0 spiro atoms. The lowest BCUT2D eigenvalue weighted by atomic mass is 10.6. The Morgan fingerprint density at radius 3 is 2.92 bits per heavy atom. The zero-order valence-corrected chi connectivity index (χ0v) is 6.91. The zero-order chi connectivity index (χ0) is 8.81. The molecule has 6 heteroatoms. The van der Waals surface area contributed by atoms with Gasteiger partial charge in [-0.15, -0.1) is 5.10 Å². The van der Waals surface area contributed by atoms with E-state index in [0.29, 0.717) is 25.6 Å². The summed E-state index contributed by atoms with van der Waals surface area (Å²) in [5.41, 5.74) is 5.28. The fourth-order valence-corrected chi connectivity index (χ4v) is 0.686. The second-order valence-electron chi connectivity index (χ2n) is 2.19. The maximum Gasteiger partial charge on any atom is 0.239 e. The number of nitrogens with two attached hydrogens (primary N) is 1. The highest BCUT2D eigenvalue weighted by Gasteiger charge is 1.98. The second kappa shape index (κ2) is 4.68. The maximum atomic E-state index is 5.28. The van der Waals surface area contributed by atoms with Gasteiger partial charge < -0.3 is 15.2 Å². The molecule has 3 N–H and O–H groups in total. The molecule has 0 unspecified atom stereocenters. The third-order valence-electron chi connectivity index (χ3n) is 1.22. The average molecular weight is 172 g/mol. The van der Waals surface area contributed by atoms with Gasteiger partial charge in [0.15, 0.2) is 5.82 Å². The standard InChI is InChI=1S/C6H12N4O2/c1-11-2-3-12-4-5-8-6(7)10-9-5/h2-4H2,1H3,(H3,7,8,9,10). The molecule has 0 atom stereocenters. The van der Waals surface area contributed by atoms with Crippen molar-refractivity contribution in [3.05, 3.63) is 5.82 Å². The fourth-order valence-electron chi connectivity index (χ4n) is 0.686. The molecule has 68 valence electrons. The maximum absolute atomic E-state index is 5.28. The second-order valence-corrected chi connectivity index (χ2v) is 2.19. The first-order valence-corrected chi connectivity index (χ1v) is 3.56. The highest BCUT2D eigenvalue weighted by Crippen LogP contribution is 1.94. The van der Waals surface area contributed by atoms with Gasteiger partial charge in [0.2, 0.25) is 5.95 Å². The van der Waals surface area contributed by atoms with Gasteiger partial charge in [-0.3, -0.25) is 5.10 Å². The summed E-state index contributed by atoms with van der Waals surface area (Å²) in [5, 5.41) is 6.28. The van der Waals surface area contributed by atoms with Crippen LogP contribution in [0.5, 0.6) is 0 Å². The van der Waals surface area contributed by atoms with Crippen LogP contribution in [0.3, 0.4) is 0 Å². The van der Waals surface area contributed by atoms with Gasteiger partial charge in [0, 0.05) is 7.11 Å². The number of nitrogen functional groups attached to an aromatic ring is 1. The molecule has 0 aliphatic rings. The van der Waals surface area contributed by atoms with E-state index in [1.807, 2.05) is 0 Å². The molecule has 0 saturated heterocycles. The van der Waals surface area contributed by atoms with E-state index in [0.717, 1.165) is 0 Å². The van der Waals surface area contributed by atoms with E-state index >= 15 is 0 Å². The van der Waals surface area contributed by atoms with Crippen LogP contribution in [-0.4, -0.2) is 35.5 Å². The van der Waals surface area contributed by atoms with Crippen molar-refractivity contribution in [2.24, 2.45) is 0 Å². The smallest absolute Gasteiger partial charge is 0.239 e. The Kier molecular flexibility index (Phi) is 3.49. The minimum atomic E-state index is 0.236. The Morgan fingerprint density at radius 1 is 1.50 bits per heavy atom. The summed E-state index contributed by atoms with van der Waals surface area (Å²) in [5.74, 6) is 0.865. The van der Waals surface area contributed by atoms with Crippen LogP contribution in [0.1, 0.15) is 5.82 Å². The average Bonchev–Trinajstić information content (AvgIpc) is 2.45. The van der Waals surface area contributed by atoms with Crippen molar-refractivity contribution in [1.82, 2.24) is 15.2 Å². The van der Waals surface area contributed by atoms with Crippen LogP contribution in [0.4, 0.5) is 5.95 Å². The number of hydrogen-bond acceptors (Lipinski definition) is 5. The van der Waals surface area contributed by atoms with Gasteiger partial charge in [0.05, 0.1) is 13.2 Å². The molecule has 12 heavy (non-hydrogen) atoms. The molecule has 1 aromatic rings. The summed E-state index contributed by atoms with van der Waals surface area (Å²) in [6.07, 6.45) is 0. The van der Waals surface area contributed by atoms with Crippen LogP contribution in [0.15, 0.2) is 0 Å². The number of rotatable bonds is 5. The van der Waals surface area contributed by atoms with Crippen LogP contribution in [0.25, 0.3) is 0 Å². The molecule has 1 heterocycles. The zero-order valence-electron chi connectivity index (χ0n) is 6.91. The third kappa shape index (κ3) is 2.85. The summed E-state index contributed by atoms with van der Waals surface area (Å²) in [6, 6.07) is 0. The van der Waals surface area contributed by atoms with Gasteiger partial charge in [-0.25, -0.2) is 0 Å². The van der Waals surface area contributed by atoms with Gasteiger partial charge in [0.25, 0.3) is 0 Å². The number of H-pyrrole nitrogens is 1. The van der Waals surface area contributed by atoms with Crippen LogP contribution in [0.2, 0.25) is 0 Å². The summed E-state index contributed by atoms with van der Waals surface area (Å²) >= 11 is 0. The van der Waals surface area contributed by atoms with E-state index < -0.39 is 0 Å². The predicted molar refractivity (Wildman–Crippen MR) is 42.3 cm³/mol. The number of aromatic amines is 1. The van der Waals surface area contributed by atoms with Crippen LogP contribution < -0.4 is 5.73 Å². The number of aromatic nitrogens is 3. The monoisotopic (exact) mass is 172 g/mol. The van der Waals surface area contributed by atoms with Crippen LogP contribution in [0, 0.1) is 0 Å². The van der Waals surface area contributed by atoms with E-state index in [4.69, 9.17) is 15.2 Å². The van der Waals surface area contributed by atoms with Gasteiger partial charge >= 0.3 is 0 Å². The Labute approximate surface area is 70.1 Å². The molecule has 1 aromatic heterocycles. The number of hydrogen-bond donors (Lipinski definition) is 2. The lowest BCUT2D eigenvalue weighted by Gasteiger charge is -1.99. The van der Waals surface area contributed by atoms with E-state index in [-0.39, 0.29) is 5.95 Å². The first-order chi connectivity index (χ1) is 5.83. The molecule has 1 rings (SSSR count). The Balaban J connectivity index is 2.15. The Hall–Kier alpha value is -1.14. The van der Waals surface area contributed by atoms with Crippen molar-refractivity contribution in [3.8, 4) is 0 Å². The van der Waals surface area contributed by atoms with E-state index in [1.165, 1.54) is 0 Å². The molecular formula is C6H12N4O2. The molecule has 6 nitrogen and oxygen atoms in total. The molecule has 0 aliphatic heterocycles. The van der Waals surface area contributed by atoms with Crippen molar-refractivity contribution in [2.75, 3.05) is 26.1 Å². The molecular weight excluding hydrogens is 160 g/mol. The number of methoxy groups -OCH3 is 1. The number of nitrogens with zero attached hydrogens (tertiary/aromatic N) is 2. The molecule has 0 radical (unpaired) electrons. The first-order valence-electron chi connectivity index (χ1n) is 3.56. The van der Waals surface area contributed by atoms with E-state index in [1.54, 1.807) is 7.11 Å². The molecule has 0 aliphatic carbocycles. The van der Waals surface area contributed by atoms with Gasteiger partial charge in [-0.1, -0.05) is 0 Å². The highest BCUT2D eigenvalue weighted by atomic mass is 16.5. The molecule has 0 saturated carbocycles. The summed E-state index contributed by atoms with van der Waals surface area (Å²) in [7, 11) is 1.62. The van der Waals surface area contributed by atoms with Crippen molar-refractivity contribution in [2.45, 2.75) is 6.61 Å². The van der Waals surface area contributed by atoms with Crippen LogP contribution >= 0.6 is 0 Å². The molecule has 0 amide bonds. The summed E-state index contributed by atoms with van der Waals surface area (Å²) < 4.78 is 9.95. The van der Waals surface area contributed by atoms with Crippen molar-refractivity contribution < 1.29 is 9.47 Å². The minimum absolute atomic E-state index is 0.236. The largest absolute Gasteiger partial charge is 0.382 e. The highest BCUT2D eigenvalue weighted by molar-refractivity contribution is 5.11. The lowest BCUT2D eigenvalue weighted by Crippen LogP contribution is -2.02. The minimum Gasteiger partial charge on any atom is -0.382 e.